The highest BCUT2D eigenvalue weighted by Gasteiger charge is 2.19. The number of hydrogen-bond acceptors (Lipinski definition) is 8. The van der Waals surface area contributed by atoms with Crippen molar-refractivity contribution in [1.29, 1.82) is 0 Å². The zero-order valence-electron chi connectivity index (χ0n) is 11.9. The number of hydrogen-bond donors (Lipinski definition) is 0. The van der Waals surface area contributed by atoms with Crippen molar-refractivity contribution >= 4 is 17.9 Å². The van der Waals surface area contributed by atoms with E-state index in [0.29, 0.717) is 11.6 Å². The SMILES string of the molecule is COC(=O)CN(CC(=O)OC)c1nc(C)cc(OC)n1. The summed E-state index contributed by atoms with van der Waals surface area (Å²) in [7, 11) is 3.99. The molecule has 1 heterocycles. The third-order valence-corrected chi connectivity index (χ3v) is 2.41. The quantitative estimate of drug-likeness (QED) is 0.671. The second-order valence-electron chi connectivity index (χ2n) is 3.86. The van der Waals surface area contributed by atoms with Gasteiger partial charge in [0.25, 0.3) is 0 Å². The minimum atomic E-state index is -0.516. The van der Waals surface area contributed by atoms with Crippen LogP contribution in [0.3, 0.4) is 0 Å². The molecule has 8 nitrogen and oxygen atoms in total. The van der Waals surface area contributed by atoms with Gasteiger partial charge in [-0.1, -0.05) is 0 Å². The first-order valence-electron chi connectivity index (χ1n) is 5.78. The van der Waals surface area contributed by atoms with E-state index in [9.17, 15) is 9.59 Å². The van der Waals surface area contributed by atoms with Gasteiger partial charge in [0.15, 0.2) is 0 Å². The van der Waals surface area contributed by atoms with Gasteiger partial charge in [0, 0.05) is 11.8 Å². The fourth-order valence-electron chi connectivity index (χ4n) is 1.41. The van der Waals surface area contributed by atoms with Gasteiger partial charge >= 0.3 is 11.9 Å². The highest BCUT2D eigenvalue weighted by molar-refractivity contribution is 5.80. The van der Waals surface area contributed by atoms with Gasteiger partial charge in [0.2, 0.25) is 11.8 Å². The van der Waals surface area contributed by atoms with E-state index in [4.69, 9.17) is 4.74 Å². The number of ether oxygens (including phenoxy) is 3. The standard InChI is InChI=1S/C12H17N3O5/c1-8-5-9(18-2)14-12(13-8)15(6-10(16)19-3)7-11(17)20-4/h5H,6-7H2,1-4H3. The van der Waals surface area contributed by atoms with Crippen molar-refractivity contribution < 1.29 is 23.8 Å². The van der Waals surface area contributed by atoms with Crippen LogP contribution in [0.1, 0.15) is 5.69 Å². The number of aromatic nitrogens is 2. The van der Waals surface area contributed by atoms with Gasteiger partial charge in [-0.15, -0.1) is 0 Å². The zero-order valence-corrected chi connectivity index (χ0v) is 11.9. The molecular formula is C12H17N3O5. The first kappa shape index (κ1) is 15.7. The molecule has 110 valence electrons. The summed E-state index contributed by atoms with van der Waals surface area (Å²) in [5, 5.41) is 0. The van der Waals surface area contributed by atoms with Crippen LogP contribution in [-0.4, -0.2) is 56.3 Å². The van der Waals surface area contributed by atoms with Crippen molar-refractivity contribution in [3.8, 4) is 5.88 Å². The van der Waals surface area contributed by atoms with Gasteiger partial charge in [0.1, 0.15) is 13.1 Å². The van der Waals surface area contributed by atoms with Crippen molar-refractivity contribution in [3.63, 3.8) is 0 Å². The molecule has 20 heavy (non-hydrogen) atoms. The second-order valence-corrected chi connectivity index (χ2v) is 3.86. The smallest absolute Gasteiger partial charge is 0.325 e. The van der Waals surface area contributed by atoms with E-state index in [0.717, 1.165) is 0 Å². The lowest BCUT2D eigenvalue weighted by Crippen LogP contribution is -2.37. The highest BCUT2D eigenvalue weighted by Crippen LogP contribution is 2.15. The zero-order chi connectivity index (χ0) is 15.1. The van der Waals surface area contributed by atoms with Crippen LogP contribution >= 0.6 is 0 Å². The monoisotopic (exact) mass is 283 g/mol. The molecule has 0 aliphatic heterocycles. The number of anilines is 1. The van der Waals surface area contributed by atoms with Gasteiger partial charge in [-0.2, -0.15) is 4.98 Å². The van der Waals surface area contributed by atoms with Gasteiger partial charge in [0.05, 0.1) is 21.3 Å². The maximum Gasteiger partial charge on any atom is 0.325 e. The predicted molar refractivity (Wildman–Crippen MR) is 69.6 cm³/mol. The van der Waals surface area contributed by atoms with Crippen molar-refractivity contribution in [1.82, 2.24) is 9.97 Å². The number of aryl methyl sites for hydroxylation is 1. The summed E-state index contributed by atoms with van der Waals surface area (Å²) in [6.07, 6.45) is 0. The van der Waals surface area contributed by atoms with E-state index >= 15 is 0 Å². The Labute approximate surface area is 116 Å². The molecule has 1 rings (SSSR count). The lowest BCUT2D eigenvalue weighted by atomic mass is 10.4. The number of carbonyl (C=O) groups excluding carboxylic acids is 2. The van der Waals surface area contributed by atoms with Crippen molar-refractivity contribution in [2.75, 3.05) is 39.3 Å². The molecule has 8 heteroatoms. The molecule has 0 aliphatic carbocycles. The molecule has 0 N–H and O–H groups in total. The van der Waals surface area contributed by atoms with Crippen molar-refractivity contribution in [2.24, 2.45) is 0 Å². The van der Waals surface area contributed by atoms with Crippen LogP contribution in [0, 0.1) is 6.92 Å². The lowest BCUT2D eigenvalue weighted by Gasteiger charge is -2.20. The third-order valence-electron chi connectivity index (χ3n) is 2.41. The molecule has 0 radical (unpaired) electrons. The van der Waals surface area contributed by atoms with Crippen LogP contribution in [0.5, 0.6) is 5.88 Å². The van der Waals surface area contributed by atoms with Crippen LogP contribution in [0.15, 0.2) is 6.07 Å². The summed E-state index contributed by atoms with van der Waals surface area (Å²) in [4.78, 5) is 32.4. The molecule has 1 aromatic heterocycles. The van der Waals surface area contributed by atoms with Gasteiger partial charge in [-0.25, -0.2) is 4.98 Å². The Morgan fingerprint density at radius 1 is 1.10 bits per heavy atom. The Hall–Kier alpha value is -2.38. The number of methoxy groups -OCH3 is 3. The molecule has 0 bridgehead atoms. The average Bonchev–Trinajstić information content (AvgIpc) is 2.45. The minimum Gasteiger partial charge on any atom is -0.481 e. The van der Waals surface area contributed by atoms with Gasteiger partial charge < -0.3 is 19.1 Å². The van der Waals surface area contributed by atoms with Gasteiger partial charge in [-0.05, 0) is 6.92 Å². The molecule has 0 amide bonds. The minimum absolute atomic E-state index is 0.168. The van der Waals surface area contributed by atoms with E-state index in [1.54, 1.807) is 13.0 Å². The third kappa shape index (κ3) is 4.38. The highest BCUT2D eigenvalue weighted by atomic mass is 16.5. The van der Waals surface area contributed by atoms with E-state index in [-0.39, 0.29) is 19.0 Å². The van der Waals surface area contributed by atoms with E-state index in [1.807, 2.05) is 0 Å². The normalized spacial score (nSPS) is 9.80. The van der Waals surface area contributed by atoms with Crippen LogP contribution in [0.4, 0.5) is 5.95 Å². The summed E-state index contributed by atoms with van der Waals surface area (Å²) >= 11 is 0. The Bertz CT molecular complexity index is 474. The average molecular weight is 283 g/mol. The fraction of sp³-hybridized carbons (Fsp3) is 0.500. The molecule has 0 fully saturated rings. The Morgan fingerprint density at radius 3 is 2.10 bits per heavy atom. The second kappa shape index (κ2) is 7.27. The summed E-state index contributed by atoms with van der Waals surface area (Å²) < 4.78 is 14.2. The summed E-state index contributed by atoms with van der Waals surface area (Å²) in [5.74, 6) is -0.499. The van der Waals surface area contributed by atoms with Gasteiger partial charge in [-0.3, -0.25) is 9.59 Å². The van der Waals surface area contributed by atoms with Crippen LogP contribution in [-0.2, 0) is 19.1 Å². The number of nitrogens with zero attached hydrogens (tertiary/aromatic N) is 3. The first-order chi connectivity index (χ1) is 9.49. The molecule has 1 aromatic rings. The lowest BCUT2D eigenvalue weighted by molar-refractivity contribution is -0.140. The predicted octanol–water partition coefficient (Wildman–Crippen LogP) is -0.0540. The van der Waals surface area contributed by atoms with Crippen LogP contribution in [0.25, 0.3) is 0 Å². The van der Waals surface area contributed by atoms with Crippen LogP contribution < -0.4 is 9.64 Å². The summed E-state index contributed by atoms with van der Waals surface area (Å²) in [5.41, 5.74) is 0.645. The van der Waals surface area contributed by atoms with Crippen LogP contribution in [0.2, 0.25) is 0 Å². The number of carbonyl (C=O) groups is 2. The molecular weight excluding hydrogens is 266 g/mol. The molecule has 0 aliphatic rings. The first-order valence-corrected chi connectivity index (χ1v) is 5.78. The molecule has 0 aromatic carbocycles. The molecule has 0 saturated carbocycles. The Morgan fingerprint density at radius 2 is 1.65 bits per heavy atom. The number of esters is 2. The van der Waals surface area contributed by atoms with E-state index < -0.39 is 11.9 Å². The number of rotatable bonds is 6. The Balaban J connectivity index is 3.04. The molecule has 0 atom stereocenters. The van der Waals surface area contributed by atoms with Crippen molar-refractivity contribution in [3.05, 3.63) is 11.8 Å². The maximum atomic E-state index is 11.4. The summed E-state index contributed by atoms with van der Waals surface area (Å²) in [6.45, 7) is 1.42. The maximum absolute atomic E-state index is 11.4. The molecule has 0 unspecified atom stereocenters. The van der Waals surface area contributed by atoms with E-state index in [2.05, 4.69) is 19.4 Å². The Kier molecular flexibility index (Phi) is 5.70. The topological polar surface area (TPSA) is 90.9 Å². The molecule has 0 spiro atoms. The summed E-state index contributed by atoms with van der Waals surface area (Å²) in [6, 6.07) is 1.64. The largest absolute Gasteiger partial charge is 0.481 e. The molecule has 0 saturated heterocycles. The fourth-order valence-corrected chi connectivity index (χ4v) is 1.41. The van der Waals surface area contributed by atoms with Crippen molar-refractivity contribution in [2.45, 2.75) is 6.92 Å². The van der Waals surface area contributed by atoms with E-state index in [1.165, 1.54) is 26.2 Å².